The Labute approximate surface area is 140 Å². The molecule has 2 nitrogen and oxygen atoms in total. The van der Waals surface area contributed by atoms with Crippen molar-refractivity contribution in [3.8, 4) is 0 Å². The van der Waals surface area contributed by atoms with Gasteiger partial charge in [-0.1, -0.05) is 24.3 Å². The topological polar surface area (TPSA) is 20.3 Å². The first kappa shape index (κ1) is 15.8. The van der Waals surface area contributed by atoms with Crippen LogP contribution < -0.4 is 0 Å². The lowest BCUT2D eigenvalue weighted by Gasteiger charge is -2.13. The number of nitrogens with zero attached hydrogens (tertiary/aromatic N) is 1. The molecule has 0 saturated carbocycles. The molecule has 23 heavy (non-hydrogen) atoms. The van der Waals surface area contributed by atoms with Gasteiger partial charge in [0.2, 0.25) is 5.91 Å². The van der Waals surface area contributed by atoms with Gasteiger partial charge in [0.25, 0.3) is 0 Å². The van der Waals surface area contributed by atoms with Crippen molar-refractivity contribution in [3.05, 3.63) is 71.0 Å². The minimum Gasteiger partial charge on any atom is -0.342 e. The van der Waals surface area contributed by atoms with E-state index in [1.807, 2.05) is 37.6 Å². The number of carbonyl (C=O) groups is 1. The third kappa shape index (κ3) is 3.17. The maximum Gasteiger partial charge on any atom is 0.250 e. The monoisotopic (exact) mass is 327 g/mol. The summed E-state index contributed by atoms with van der Waals surface area (Å²) in [4.78, 5) is 15.4. The van der Waals surface area contributed by atoms with Crippen LogP contribution in [0.15, 0.2) is 59.0 Å². The van der Waals surface area contributed by atoms with Crippen molar-refractivity contribution in [1.82, 2.24) is 4.90 Å². The number of amides is 1. The zero-order valence-electron chi connectivity index (χ0n) is 13.2. The number of hydrogen-bond acceptors (Lipinski definition) is 2. The highest BCUT2D eigenvalue weighted by molar-refractivity contribution is 7.98. The molecule has 1 aliphatic heterocycles. The van der Waals surface area contributed by atoms with Crippen LogP contribution in [0.2, 0.25) is 0 Å². The molecule has 4 heteroatoms. The number of thioether (sulfide) groups is 1. The molecule has 0 atom stereocenters. The smallest absolute Gasteiger partial charge is 0.250 e. The maximum atomic E-state index is 13.3. The van der Waals surface area contributed by atoms with E-state index in [0.717, 1.165) is 28.8 Å². The van der Waals surface area contributed by atoms with Crippen molar-refractivity contribution in [3.63, 3.8) is 0 Å². The number of benzene rings is 2. The van der Waals surface area contributed by atoms with E-state index in [-0.39, 0.29) is 11.7 Å². The summed E-state index contributed by atoms with van der Waals surface area (Å²) in [5, 5.41) is 0. The van der Waals surface area contributed by atoms with Crippen molar-refractivity contribution in [2.45, 2.75) is 11.3 Å². The number of likely N-dealkylation sites (tertiary alicyclic amines) is 1. The summed E-state index contributed by atoms with van der Waals surface area (Å²) in [6.07, 6.45) is 2.75. The summed E-state index contributed by atoms with van der Waals surface area (Å²) in [6.45, 7) is 0.724. The van der Waals surface area contributed by atoms with Crippen molar-refractivity contribution >= 4 is 23.2 Å². The number of halogens is 1. The molecular weight excluding hydrogens is 309 g/mol. The molecule has 0 aromatic heterocycles. The Balaban J connectivity index is 2.15. The van der Waals surface area contributed by atoms with Gasteiger partial charge in [-0.05, 0) is 53.6 Å². The zero-order valence-corrected chi connectivity index (χ0v) is 14.0. The zero-order chi connectivity index (χ0) is 16.4. The Bertz CT molecular complexity index is 750. The highest BCUT2D eigenvalue weighted by Gasteiger charge is 2.27. The van der Waals surface area contributed by atoms with E-state index in [2.05, 4.69) is 0 Å². The molecule has 1 fully saturated rings. The van der Waals surface area contributed by atoms with Crippen LogP contribution in [-0.2, 0) is 4.79 Å². The SMILES string of the molecule is CSc1ccc(/C(=C2/CCN(C)C2=O)c2ccc(F)cc2)cc1. The number of rotatable bonds is 3. The molecule has 1 heterocycles. The minimum atomic E-state index is -0.273. The average molecular weight is 327 g/mol. The Morgan fingerprint density at radius 2 is 1.61 bits per heavy atom. The quantitative estimate of drug-likeness (QED) is 0.622. The Hall–Kier alpha value is -2.07. The normalized spacial score (nSPS) is 16.8. The van der Waals surface area contributed by atoms with E-state index in [9.17, 15) is 9.18 Å². The van der Waals surface area contributed by atoms with Crippen LogP contribution in [0.5, 0.6) is 0 Å². The molecule has 0 unspecified atom stereocenters. The van der Waals surface area contributed by atoms with Crippen LogP contribution in [0.1, 0.15) is 17.5 Å². The van der Waals surface area contributed by atoms with Crippen molar-refractivity contribution in [2.24, 2.45) is 0 Å². The van der Waals surface area contributed by atoms with Crippen LogP contribution in [0.4, 0.5) is 4.39 Å². The Kier molecular flexibility index (Phi) is 4.53. The lowest BCUT2D eigenvalue weighted by Crippen LogP contribution is -2.19. The van der Waals surface area contributed by atoms with E-state index in [1.54, 1.807) is 28.8 Å². The molecular formula is C19H18FNOS. The van der Waals surface area contributed by atoms with Gasteiger partial charge >= 0.3 is 0 Å². The second kappa shape index (κ2) is 6.59. The fourth-order valence-electron chi connectivity index (χ4n) is 2.84. The minimum absolute atomic E-state index is 0.0540. The lowest BCUT2D eigenvalue weighted by atomic mass is 9.92. The van der Waals surface area contributed by atoms with Crippen molar-refractivity contribution in [1.29, 1.82) is 0 Å². The van der Waals surface area contributed by atoms with E-state index >= 15 is 0 Å². The van der Waals surface area contributed by atoms with Gasteiger partial charge in [-0.25, -0.2) is 4.39 Å². The fourth-order valence-corrected chi connectivity index (χ4v) is 3.25. The van der Waals surface area contributed by atoms with Gasteiger partial charge in [0.15, 0.2) is 0 Å². The van der Waals surface area contributed by atoms with Crippen LogP contribution in [0, 0.1) is 5.82 Å². The standard InChI is InChI=1S/C19H18FNOS/c1-21-12-11-17(19(21)22)18(13-3-7-15(20)8-4-13)14-5-9-16(23-2)10-6-14/h3-10H,11-12H2,1-2H3/b18-17-. The maximum absolute atomic E-state index is 13.3. The van der Waals surface area contributed by atoms with Crippen molar-refractivity contribution < 1.29 is 9.18 Å². The largest absolute Gasteiger partial charge is 0.342 e. The molecule has 0 spiro atoms. The molecule has 2 aromatic carbocycles. The molecule has 0 aliphatic carbocycles. The van der Waals surface area contributed by atoms with Gasteiger partial charge in [-0.15, -0.1) is 11.8 Å². The second-order valence-electron chi connectivity index (χ2n) is 5.57. The van der Waals surface area contributed by atoms with Crippen LogP contribution in [-0.4, -0.2) is 30.7 Å². The molecule has 0 radical (unpaired) electrons. The molecule has 1 aliphatic rings. The number of likely N-dealkylation sites (N-methyl/N-ethyl adjacent to an activating group) is 1. The first-order chi connectivity index (χ1) is 11.1. The summed E-state index contributed by atoms with van der Waals surface area (Å²) in [6, 6.07) is 14.5. The molecule has 118 valence electrons. The molecule has 0 N–H and O–H groups in total. The summed E-state index contributed by atoms with van der Waals surface area (Å²) in [5.74, 6) is -0.219. The second-order valence-corrected chi connectivity index (χ2v) is 6.45. The number of carbonyl (C=O) groups excluding carboxylic acids is 1. The molecule has 3 rings (SSSR count). The van der Waals surface area contributed by atoms with E-state index in [0.29, 0.717) is 6.42 Å². The van der Waals surface area contributed by atoms with Gasteiger partial charge < -0.3 is 4.90 Å². The van der Waals surface area contributed by atoms with E-state index in [4.69, 9.17) is 0 Å². The van der Waals surface area contributed by atoms with Crippen LogP contribution in [0.3, 0.4) is 0 Å². The lowest BCUT2D eigenvalue weighted by molar-refractivity contribution is -0.123. The van der Waals surface area contributed by atoms with Crippen LogP contribution in [0.25, 0.3) is 5.57 Å². The predicted octanol–water partition coefficient (Wildman–Crippen LogP) is 4.21. The van der Waals surface area contributed by atoms with E-state index < -0.39 is 0 Å². The van der Waals surface area contributed by atoms with Gasteiger partial charge in [-0.2, -0.15) is 0 Å². The third-order valence-electron chi connectivity index (χ3n) is 4.12. The predicted molar refractivity (Wildman–Crippen MR) is 92.9 cm³/mol. The van der Waals surface area contributed by atoms with Crippen LogP contribution >= 0.6 is 11.8 Å². The highest BCUT2D eigenvalue weighted by atomic mass is 32.2. The summed E-state index contributed by atoms with van der Waals surface area (Å²) < 4.78 is 13.3. The summed E-state index contributed by atoms with van der Waals surface area (Å²) in [7, 11) is 1.81. The highest BCUT2D eigenvalue weighted by Crippen LogP contribution is 2.33. The Morgan fingerprint density at radius 1 is 1.04 bits per heavy atom. The van der Waals surface area contributed by atoms with Gasteiger partial charge in [0, 0.05) is 24.1 Å². The summed E-state index contributed by atoms with van der Waals surface area (Å²) >= 11 is 1.68. The van der Waals surface area contributed by atoms with Gasteiger partial charge in [-0.3, -0.25) is 4.79 Å². The van der Waals surface area contributed by atoms with Gasteiger partial charge in [0.05, 0.1) is 0 Å². The first-order valence-corrected chi connectivity index (χ1v) is 8.71. The van der Waals surface area contributed by atoms with E-state index in [1.165, 1.54) is 17.0 Å². The molecule has 0 bridgehead atoms. The molecule has 2 aromatic rings. The molecule has 1 amide bonds. The fraction of sp³-hybridized carbons (Fsp3) is 0.211. The first-order valence-electron chi connectivity index (χ1n) is 7.49. The van der Waals surface area contributed by atoms with Crippen molar-refractivity contribution in [2.75, 3.05) is 19.8 Å². The average Bonchev–Trinajstić information content (AvgIpc) is 2.90. The Morgan fingerprint density at radius 3 is 2.09 bits per heavy atom. The summed E-state index contributed by atoms with van der Waals surface area (Å²) in [5.41, 5.74) is 3.58. The number of hydrogen-bond donors (Lipinski definition) is 0. The molecule has 1 saturated heterocycles. The van der Waals surface area contributed by atoms with Gasteiger partial charge in [0.1, 0.15) is 5.82 Å². The third-order valence-corrected chi connectivity index (χ3v) is 4.86.